The second-order valence-corrected chi connectivity index (χ2v) is 2.23. The molecule has 2 unspecified atom stereocenters. The van der Waals surface area contributed by atoms with Crippen molar-refractivity contribution in [2.75, 3.05) is 13.1 Å². The monoisotopic (exact) mass is 132 g/mol. The summed E-state index contributed by atoms with van der Waals surface area (Å²) in [5.74, 6) is 0. The van der Waals surface area contributed by atoms with Crippen LogP contribution in [0.1, 0.15) is 6.42 Å². The van der Waals surface area contributed by atoms with Crippen LogP contribution < -0.4 is 22.9 Å². The zero-order valence-electron chi connectivity index (χ0n) is 5.59. The lowest BCUT2D eigenvalue weighted by atomic mass is 10.1. The molecule has 2 atom stereocenters. The van der Waals surface area contributed by atoms with Crippen LogP contribution >= 0.6 is 0 Å². The topological polar surface area (TPSA) is 104 Å². The Morgan fingerprint density at radius 2 is 1.22 bits per heavy atom. The third-order valence-electron chi connectivity index (χ3n) is 1.21. The molecule has 0 aliphatic rings. The van der Waals surface area contributed by atoms with E-state index in [4.69, 9.17) is 22.9 Å². The summed E-state index contributed by atoms with van der Waals surface area (Å²) in [5.41, 5.74) is 21.5. The summed E-state index contributed by atoms with van der Waals surface area (Å²) in [6.45, 7) is 0.960. The molecule has 4 heteroatoms. The van der Waals surface area contributed by atoms with E-state index in [-0.39, 0.29) is 12.1 Å². The van der Waals surface area contributed by atoms with E-state index in [1.54, 1.807) is 0 Å². The maximum absolute atomic E-state index is 5.49. The van der Waals surface area contributed by atoms with Gasteiger partial charge in [-0.15, -0.1) is 0 Å². The van der Waals surface area contributed by atoms with Crippen molar-refractivity contribution in [1.29, 1.82) is 0 Å². The first kappa shape index (κ1) is 8.84. The first-order chi connectivity index (χ1) is 4.20. The molecule has 4 nitrogen and oxygen atoms in total. The van der Waals surface area contributed by atoms with Crippen LogP contribution in [0.25, 0.3) is 0 Å². The fourth-order valence-electron chi connectivity index (χ4n) is 0.581. The molecule has 0 amide bonds. The van der Waals surface area contributed by atoms with Crippen LogP contribution in [0.4, 0.5) is 0 Å². The van der Waals surface area contributed by atoms with Crippen molar-refractivity contribution in [2.45, 2.75) is 18.5 Å². The molecule has 0 aromatic rings. The Hall–Kier alpha value is -0.160. The van der Waals surface area contributed by atoms with Gasteiger partial charge in [0.2, 0.25) is 0 Å². The van der Waals surface area contributed by atoms with Crippen molar-refractivity contribution in [3.05, 3.63) is 0 Å². The summed E-state index contributed by atoms with van der Waals surface area (Å²) >= 11 is 0. The predicted octanol–water partition coefficient (Wildman–Crippen LogP) is -2.05. The van der Waals surface area contributed by atoms with Gasteiger partial charge in [-0.1, -0.05) is 0 Å². The van der Waals surface area contributed by atoms with Gasteiger partial charge in [0.1, 0.15) is 0 Å². The van der Waals surface area contributed by atoms with Crippen LogP contribution in [-0.2, 0) is 0 Å². The van der Waals surface area contributed by atoms with Gasteiger partial charge in [-0.2, -0.15) is 0 Å². The van der Waals surface area contributed by atoms with Gasteiger partial charge in [-0.05, 0) is 6.42 Å². The molecule has 56 valence electrons. The molecule has 0 spiro atoms. The highest BCUT2D eigenvalue weighted by molar-refractivity contribution is 4.71. The summed E-state index contributed by atoms with van der Waals surface area (Å²) in [5, 5.41) is 0. The van der Waals surface area contributed by atoms with E-state index in [9.17, 15) is 0 Å². The lowest BCUT2D eigenvalue weighted by Crippen LogP contribution is -2.40. The van der Waals surface area contributed by atoms with E-state index in [2.05, 4.69) is 0 Å². The van der Waals surface area contributed by atoms with E-state index < -0.39 is 0 Å². The van der Waals surface area contributed by atoms with Crippen LogP contribution in [0.5, 0.6) is 0 Å². The van der Waals surface area contributed by atoms with Crippen molar-refractivity contribution < 1.29 is 0 Å². The molecule has 0 aromatic carbocycles. The van der Waals surface area contributed by atoms with E-state index in [1.807, 2.05) is 0 Å². The summed E-state index contributed by atoms with van der Waals surface area (Å²) in [6.07, 6.45) is 0.715. The predicted molar refractivity (Wildman–Crippen MR) is 38.7 cm³/mol. The van der Waals surface area contributed by atoms with Crippen LogP contribution in [0.15, 0.2) is 0 Å². The molecule has 0 saturated carbocycles. The lowest BCUT2D eigenvalue weighted by Gasteiger charge is -2.12. The zero-order valence-corrected chi connectivity index (χ0v) is 5.59. The largest absolute Gasteiger partial charge is 0.329 e. The van der Waals surface area contributed by atoms with Gasteiger partial charge in [0, 0.05) is 25.2 Å². The first-order valence-electron chi connectivity index (χ1n) is 3.12. The molecule has 0 rings (SSSR count). The SMILES string of the molecule is NCC(N)CC(N)CN. The van der Waals surface area contributed by atoms with E-state index >= 15 is 0 Å². The molecule has 0 aromatic heterocycles. The molecule has 9 heavy (non-hydrogen) atoms. The van der Waals surface area contributed by atoms with Crippen molar-refractivity contribution in [3.63, 3.8) is 0 Å². The minimum absolute atomic E-state index is 0.00329. The van der Waals surface area contributed by atoms with Gasteiger partial charge in [-0.25, -0.2) is 0 Å². The molecule has 0 aliphatic carbocycles. The Labute approximate surface area is 55.6 Å². The Balaban J connectivity index is 3.22. The highest BCUT2D eigenvalue weighted by Gasteiger charge is 2.04. The fourth-order valence-corrected chi connectivity index (χ4v) is 0.581. The third kappa shape index (κ3) is 4.35. The second kappa shape index (κ2) is 4.69. The maximum Gasteiger partial charge on any atom is 0.0178 e. The second-order valence-electron chi connectivity index (χ2n) is 2.23. The number of rotatable bonds is 4. The summed E-state index contributed by atoms with van der Waals surface area (Å²) in [6, 6.07) is 0.00657. The molecule has 0 aliphatic heterocycles. The lowest BCUT2D eigenvalue weighted by molar-refractivity contribution is 0.532. The van der Waals surface area contributed by atoms with Crippen LogP contribution in [0.2, 0.25) is 0 Å². The van der Waals surface area contributed by atoms with Gasteiger partial charge >= 0.3 is 0 Å². The van der Waals surface area contributed by atoms with Gasteiger partial charge in [0.15, 0.2) is 0 Å². The smallest absolute Gasteiger partial charge is 0.0178 e. The molecular weight excluding hydrogens is 116 g/mol. The van der Waals surface area contributed by atoms with Crippen LogP contribution in [0.3, 0.4) is 0 Å². The highest BCUT2D eigenvalue weighted by Crippen LogP contribution is 1.88. The molecule has 0 saturated heterocycles. The summed E-state index contributed by atoms with van der Waals surface area (Å²) in [7, 11) is 0. The minimum Gasteiger partial charge on any atom is -0.329 e. The van der Waals surface area contributed by atoms with Crippen molar-refractivity contribution in [1.82, 2.24) is 0 Å². The summed E-state index contributed by atoms with van der Waals surface area (Å²) < 4.78 is 0. The molecule has 0 fully saturated rings. The highest BCUT2D eigenvalue weighted by atomic mass is 14.8. The molecule has 0 bridgehead atoms. The van der Waals surface area contributed by atoms with Crippen LogP contribution in [-0.4, -0.2) is 25.2 Å². The normalized spacial score (nSPS) is 17.3. The van der Waals surface area contributed by atoms with Crippen molar-refractivity contribution in [2.24, 2.45) is 22.9 Å². The zero-order chi connectivity index (χ0) is 7.28. The average Bonchev–Trinajstić information content (AvgIpc) is 1.87. The van der Waals surface area contributed by atoms with E-state index in [0.717, 1.165) is 0 Å². The molecular formula is C5H16N4. The maximum atomic E-state index is 5.49. The molecule has 8 N–H and O–H groups in total. The Kier molecular flexibility index (Phi) is 4.61. The molecule has 0 heterocycles. The van der Waals surface area contributed by atoms with E-state index in [0.29, 0.717) is 19.5 Å². The number of nitrogens with two attached hydrogens (primary N) is 4. The first-order valence-corrected chi connectivity index (χ1v) is 3.12. The molecule has 0 radical (unpaired) electrons. The van der Waals surface area contributed by atoms with Gasteiger partial charge in [0.05, 0.1) is 0 Å². The van der Waals surface area contributed by atoms with Crippen molar-refractivity contribution >= 4 is 0 Å². The quantitative estimate of drug-likeness (QED) is 0.353. The van der Waals surface area contributed by atoms with E-state index in [1.165, 1.54) is 0 Å². The van der Waals surface area contributed by atoms with Crippen LogP contribution in [0, 0.1) is 0 Å². The Bertz CT molecular complexity index is 58.0. The fraction of sp³-hybridized carbons (Fsp3) is 1.00. The van der Waals surface area contributed by atoms with Crippen molar-refractivity contribution in [3.8, 4) is 0 Å². The number of hydrogen-bond acceptors (Lipinski definition) is 4. The number of hydrogen-bond donors (Lipinski definition) is 4. The van der Waals surface area contributed by atoms with Gasteiger partial charge in [-0.3, -0.25) is 0 Å². The minimum atomic E-state index is 0.00329. The van der Waals surface area contributed by atoms with Gasteiger partial charge < -0.3 is 22.9 Å². The average molecular weight is 132 g/mol. The standard InChI is InChI=1S/C5H16N4/c6-2-4(8)1-5(9)3-7/h4-5H,1-3,6-9H2. The van der Waals surface area contributed by atoms with Gasteiger partial charge in [0.25, 0.3) is 0 Å². The third-order valence-corrected chi connectivity index (χ3v) is 1.21. The Morgan fingerprint density at radius 1 is 0.889 bits per heavy atom. The summed E-state index contributed by atoms with van der Waals surface area (Å²) in [4.78, 5) is 0. The Morgan fingerprint density at radius 3 is 1.44 bits per heavy atom.